The molecule has 1 N–H and O–H groups in total. The number of nitrogens with one attached hydrogen (secondary N) is 1. The van der Waals surface area contributed by atoms with Crippen molar-refractivity contribution in [2.45, 2.75) is 31.9 Å². The lowest BCUT2D eigenvalue weighted by atomic mass is 10.0. The SMILES string of the molecule is Cc1cc(C(=O)NC2CCN(CC3CN(C)C(=O)CO3)CC2)n(C)n1. The highest BCUT2D eigenvalue weighted by Gasteiger charge is 2.28. The van der Waals surface area contributed by atoms with E-state index in [1.807, 2.05) is 20.0 Å². The number of hydrogen-bond donors (Lipinski definition) is 1. The summed E-state index contributed by atoms with van der Waals surface area (Å²) < 4.78 is 7.24. The quantitative estimate of drug-likeness (QED) is 0.813. The Hall–Kier alpha value is -1.93. The molecule has 0 saturated carbocycles. The summed E-state index contributed by atoms with van der Waals surface area (Å²) in [5.74, 6) is -0.0135. The molecule has 8 heteroatoms. The number of carbonyl (C=O) groups is 2. The molecule has 8 nitrogen and oxygen atoms in total. The third-order valence-corrected chi connectivity index (χ3v) is 4.97. The number of amides is 2. The number of hydrogen-bond acceptors (Lipinski definition) is 5. The fourth-order valence-electron chi connectivity index (χ4n) is 3.50. The molecule has 1 aromatic rings. The highest BCUT2D eigenvalue weighted by molar-refractivity contribution is 5.92. The maximum atomic E-state index is 12.4. The Kier molecular flexibility index (Phi) is 5.39. The van der Waals surface area contributed by atoms with Gasteiger partial charge in [-0.25, -0.2) is 0 Å². The molecule has 2 aliphatic heterocycles. The summed E-state index contributed by atoms with van der Waals surface area (Å²) in [6.45, 7) is 5.39. The Morgan fingerprint density at radius 3 is 2.68 bits per heavy atom. The second-order valence-corrected chi connectivity index (χ2v) is 7.05. The van der Waals surface area contributed by atoms with Crippen molar-refractivity contribution in [1.29, 1.82) is 0 Å². The van der Waals surface area contributed by atoms with Crippen LogP contribution >= 0.6 is 0 Å². The number of ether oxygens (including phenoxy) is 1. The average Bonchev–Trinajstić information content (AvgIpc) is 2.91. The lowest BCUT2D eigenvalue weighted by Crippen LogP contribution is -2.51. The first kappa shape index (κ1) is 17.9. The number of likely N-dealkylation sites (tertiary alicyclic amines) is 1. The molecule has 1 atom stereocenters. The van der Waals surface area contributed by atoms with Gasteiger partial charge in [0.05, 0.1) is 11.8 Å². The number of aromatic nitrogens is 2. The number of morpholine rings is 1. The molecule has 1 aromatic heterocycles. The first-order valence-corrected chi connectivity index (χ1v) is 8.82. The summed E-state index contributed by atoms with van der Waals surface area (Å²) in [6.07, 6.45) is 1.92. The van der Waals surface area contributed by atoms with Gasteiger partial charge in [0.15, 0.2) is 0 Å². The van der Waals surface area contributed by atoms with Crippen LogP contribution in [0, 0.1) is 6.92 Å². The van der Waals surface area contributed by atoms with E-state index in [9.17, 15) is 9.59 Å². The second-order valence-electron chi connectivity index (χ2n) is 7.05. The molecule has 2 saturated heterocycles. The van der Waals surface area contributed by atoms with Crippen LogP contribution in [-0.4, -0.2) is 83.4 Å². The van der Waals surface area contributed by atoms with Crippen LogP contribution in [0.25, 0.3) is 0 Å². The van der Waals surface area contributed by atoms with E-state index in [1.165, 1.54) is 0 Å². The van der Waals surface area contributed by atoms with Crippen molar-refractivity contribution in [1.82, 2.24) is 24.9 Å². The van der Waals surface area contributed by atoms with E-state index in [1.54, 1.807) is 16.6 Å². The molecule has 0 spiro atoms. The maximum Gasteiger partial charge on any atom is 0.269 e. The summed E-state index contributed by atoms with van der Waals surface area (Å²) in [6, 6.07) is 2.00. The molecule has 3 rings (SSSR count). The van der Waals surface area contributed by atoms with Crippen LogP contribution in [0.2, 0.25) is 0 Å². The first-order valence-electron chi connectivity index (χ1n) is 8.82. The Bertz CT molecular complexity index is 636. The van der Waals surface area contributed by atoms with Gasteiger partial charge in [-0.1, -0.05) is 0 Å². The molecule has 0 radical (unpaired) electrons. The van der Waals surface area contributed by atoms with E-state index in [2.05, 4.69) is 15.3 Å². The molecular weight excluding hydrogens is 322 g/mol. The van der Waals surface area contributed by atoms with Crippen molar-refractivity contribution < 1.29 is 14.3 Å². The Balaban J connectivity index is 1.43. The zero-order valence-corrected chi connectivity index (χ0v) is 15.2. The molecule has 2 fully saturated rings. The van der Waals surface area contributed by atoms with Gasteiger partial charge in [-0.3, -0.25) is 14.3 Å². The summed E-state index contributed by atoms with van der Waals surface area (Å²) in [7, 11) is 3.61. The van der Waals surface area contributed by atoms with E-state index >= 15 is 0 Å². The minimum atomic E-state index is -0.0581. The summed E-state index contributed by atoms with van der Waals surface area (Å²) in [5, 5.41) is 7.34. The zero-order valence-electron chi connectivity index (χ0n) is 15.2. The summed E-state index contributed by atoms with van der Waals surface area (Å²) in [5.41, 5.74) is 1.45. The monoisotopic (exact) mass is 349 g/mol. The van der Waals surface area contributed by atoms with Gasteiger partial charge in [0.1, 0.15) is 12.3 Å². The molecule has 1 unspecified atom stereocenters. The van der Waals surface area contributed by atoms with Crippen molar-refractivity contribution in [3.05, 3.63) is 17.5 Å². The number of nitrogens with zero attached hydrogens (tertiary/aromatic N) is 4. The van der Waals surface area contributed by atoms with Crippen LogP contribution in [0.3, 0.4) is 0 Å². The van der Waals surface area contributed by atoms with Gasteiger partial charge in [0.25, 0.3) is 5.91 Å². The number of aryl methyl sites for hydroxylation is 2. The number of rotatable bonds is 4. The van der Waals surface area contributed by atoms with E-state index < -0.39 is 0 Å². The lowest BCUT2D eigenvalue weighted by molar-refractivity contribution is -0.147. The standard InChI is InChI=1S/C17H27N5O3/c1-12-8-15(21(3)19-12)17(24)18-13-4-6-22(7-5-13)10-14-9-20(2)16(23)11-25-14/h8,13-14H,4-7,9-11H2,1-3H3,(H,18,24). The van der Waals surface area contributed by atoms with E-state index in [0.717, 1.165) is 38.2 Å². The Labute approximate surface area is 148 Å². The fraction of sp³-hybridized carbons (Fsp3) is 0.706. The van der Waals surface area contributed by atoms with Crippen LogP contribution in [0.5, 0.6) is 0 Å². The van der Waals surface area contributed by atoms with Gasteiger partial charge in [-0.2, -0.15) is 5.10 Å². The normalized spacial score (nSPS) is 23.1. The van der Waals surface area contributed by atoms with Gasteiger partial charge >= 0.3 is 0 Å². The largest absolute Gasteiger partial charge is 0.365 e. The molecule has 3 heterocycles. The molecule has 25 heavy (non-hydrogen) atoms. The molecule has 0 bridgehead atoms. The minimum Gasteiger partial charge on any atom is -0.365 e. The molecule has 2 amide bonds. The summed E-state index contributed by atoms with van der Waals surface area (Å²) >= 11 is 0. The van der Waals surface area contributed by atoms with Gasteiger partial charge in [-0.15, -0.1) is 0 Å². The van der Waals surface area contributed by atoms with Crippen LogP contribution in [0.1, 0.15) is 29.0 Å². The smallest absolute Gasteiger partial charge is 0.269 e. The van der Waals surface area contributed by atoms with Gasteiger partial charge in [0.2, 0.25) is 5.91 Å². The molecule has 2 aliphatic rings. The fourth-order valence-corrected chi connectivity index (χ4v) is 3.50. The van der Waals surface area contributed by atoms with Gasteiger partial charge in [0, 0.05) is 46.3 Å². The van der Waals surface area contributed by atoms with Crippen molar-refractivity contribution in [3.8, 4) is 0 Å². The third kappa shape index (κ3) is 4.38. The van der Waals surface area contributed by atoms with Crippen LogP contribution in [0.15, 0.2) is 6.07 Å². The van der Waals surface area contributed by atoms with Crippen molar-refractivity contribution in [3.63, 3.8) is 0 Å². The van der Waals surface area contributed by atoms with Crippen LogP contribution < -0.4 is 5.32 Å². The summed E-state index contributed by atoms with van der Waals surface area (Å²) in [4.78, 5) is 27.9. The molecule has 0 aromatic carbocycles. The number of piperidine rings is 1. The van der Waals surface area contributed by atoms with Gasteiger partial charge in [-0.05, 0) is 25.8 Å². The predicted molar refractivity (Wildman–Crippen MR) is 92.3 cm³/mol. The van der Waals surface area contributed by atoms with Crippen molar-refractivity contribution in [2.24, 2.45) is 7.05 Å². The number of carbonyl (C=O) groups excluding carboxylic acids is 2. The highest BCUT2D eigenvalue weighted by atomic mass is 16.5. The Morgan fingerprint density at radius 2 is 2.08 bits per heavy atom. The molecule has 0 aliphatic carbocycles. The minimum absolute atomic E-state index is 0.0445. The average molecular weight is 349 g/mol. The number of likely N-dealkylation sites (N-methyl/N-ethyl adjacent to an activating group) is 1. The maximum absolute atomic E-state index is 12.4. The van der Waals surface area contributed by atoms with Gasteiger partial charge < -0.3 is 19.9 Å². The van der Waals surface area contributed by atoms with Crippen molar-refractivity contribution >= 4 is 11.8 Å². The molecular formula is C17H27N5O3. The molecule has 138 valence electrons. The Morgan fingerprint density at radius 1 is 1.36 bits per heavy atom. The first-order chi connectivity index (χ1) is 11.9. The van der Waals surface area contributed by atoms with E-state index in [-0.39, 0.29) is 30.6 Å². The van der Waals surface area contributed by atoms with E-state index in [4.69, 9.17) is 4.74 Å². The second kappa shape index (κ2) is 7.53. The van der Waals surface area contributed by atoms with E-state index in [0.29, 0.717) is 12.2 Å². The van der Waals surface area contributed by atoms with Crippen LogP contribution in [0.4, 0.5) is 0 Å². The zero-order chi connectivity index (χ0) is 18.0. The topological polar surface area (TPSA) is 79.7 Å². The highest BCUT2D eigenvalue weighted by Crippen LogP contribution is 2.14. The van der Waals surface area contributed by atoms with Crippen molar-refractivity contribution in [2.75, 3.05) is 39.8 Å². The third-order valence-electron chi connectivity index (χ3n) is 4.97. The van der Waals surface area contributed by atoms with Crippen LogP contribution in [-0.2, 0) is 16.6 Å². The lowest BCUT2D eigenvalue weighted by Gasteiger charge is -2.37. The predicted octanol–water partition coefficient (Wildman–Crippen LogP) is -0.220.